The summed E-state index contributed by atoms with van der Waals surface area (Å²) < 4.78 is 19.5. The van der Waals surface area contributed by atoms with Crippen LogP contribution in [-0.2, 0) is 4.79 Å². The predicted octanol–water partition coefficient (Wildman–Crippen LogP) is 3.77. The molecule has 6 nitrogen and oxygen atoms in total. The van der Waals surface area contributed by atoms with Gasteiger partial charge in [-0.05, 0) is 49.9 Å². The lowest BCUT2D eigenvalue weighted by atomic mass is 9.87. The number of nitrogens with zero attached hydrogens (tertiary/aromatic N) is 4. The highest BCUT2D eigenvalue weighted by atomic mass is 19.1. The molecule has 2 fully saturated rings. The first-order valence-corrected chi connectivity index (χ1v) is 11.6. The Hall–Kier alpha value is -2.67. The molecule has 2 atom stereocenters. The highest BCUT2D eigenvalue weighted by Gasteiger charge is 2.32. The van der Waals surface area contributed by atoms with Crippen LogP contribution in [0.3, 0.4) is 0 Å². The Morgan fingerprint density at radius 3 is 2.62 bits per heavy atom. The summed E-state index contributed by atoms with van der Waals surface area (Å²) in [5.74, 6) is 1.32. The number of pyridine rings is 1. The fourth-order valence-corrected chi connectivity index (χ4v) is 4.77. The molecule has 1 amide bonds. The number of ether oxygens (including phenoxy) is 1. The second-order valence-corrected chi connectivity index (χ2v) is 8.64. The van der Waals surface area contributed by atoms with Crippen LogP contribution in [0.15, 0.2) is 48.7 Å². The summed E-state index contributed by atoms with van der Waals surface area (Å²) in [5, 5.41) is 0. The third kappa shape index (κ3) is 5.38. The van der Waals surface area contributed by atoms with Gasteiger partial charge in [-0.25, -0.2) is 9.37 Å². The van der Waals surface area contributed by atoms with E-state index >= 15 is 0 Å². The maximum atomic E-state index is 14.0. The third-order valence-corrected chi connectivity index (χ3v) is 6.59. The van der Waals surface area contributed by atoms with Crippen LogP contribution in [0.5, 0.6) is 5.75 Å². The number of benzene rings is 1. The van der Waals surface area contributed by atoms with Crippen LogP contribution in [0, 0.1) is 5.92 Å². The van der Waals surface area contributed by atoms with E-state index in [1.54, 1.807) is 18.2 Å². The molecule has 7 heteroatoms. The Morgan fingerprint density at radius 1 is 1.12 bits per heavy atom. The number of methoxy groups -OCH3 is 1. The monoisotopic (exact) mass is 440 g/mol. The van der Waals surface area contributed by atoms with E-state index in [4.69, 9.17) is 4.74 Å². The molecule has 0 unspecified atom stereocenters. The number of anilines is 2. The first kappa shape index (κ1) is 22.5. The zero-order valence-electron chi connectivity index (χ0n) is 18.8. The molecule has 32 heavy (non-hydrogen) atoms. The summed E-state index contributed by atoms with van der Waals surface area (Å²) in [6.07, 6.45) is 3.29. The average Bonchev–Trinajstić information content (AvgIpc) is 2.85. The van der Waals surface area contributed by atoms with Gasteiger partial charge >= 0.3 is 0 Å². The fourth-order valence-electron chi connectivity index (χ4n) is 4.77. The third-order valence-electron chi connectivity index (χ3n) is 6.59. The number of hydrogen-bond acceptors (Lipinski definition) is 5. The van der Waals surface area contributed by atoms with Crippen LogP contribution in [0.25, 0.3) is 0 Å². The first-order chi connectivity index (χ1) is 15.7. The van der Waals surface area contributed by atoms with E-state index in [-0.39, 0.29) is 11.8 Å². The molecular weight excluding hydrogens is 407 g/mol. The molecule has 2 heterocycles. The zero-order valence-corrected chi connectivity index (χ0v) is 18.8. The predicted molar refractivity (Wildman–Crippen MR) is 125 cm³/mol. The lowest BCUT2D eigenvalue weighted by Gasteiger charge is -2.37. The summed E-state index contributed by atoms with van der Waals surface area (Å²) in [5.41, 5.74) is 1.12. The van der Waals surface area contributed by atoms with Gasteiger partial charge in [0, 0.05) is 51.4 Å². The smallest absolute Gasteiger partial charge is 0.231 e. The van der Waals surface area contributed by atoms with Crippen molar-refractivity contribution >= 4 is 17.4 Å². The molecule has 0 radical (unpaired) electrons. The van der Waals surface area contributed by atoms with Gasteiger partial charge < -0.3 is 9.64 Å². The summed E-state index contributed by atoms with van der Waals surface area (Å²) in [7, 11) is 1.70. The molecule has 1 aromatic carbocycles. The van der Waals surface area contributed by atoms with Crippen molar-refractivity contribution in [3.05, 3.63) is 48.7 Å². The van der Waals surface area contributed by atoms with E-state index in [0.717, 1.165) is 57.0 Å². The Balaban J connectivity index is 1.37. The SMILES string of the molecule is COc1ccccc1N1CCN(CCN(C(=O)[C@H]2CCC[C@@H](F)C2)c2ccccn2)CC1. The number of carbonyl (C=O) groups excluding carboxylic acids is 1. The lowest BCUT2D eigenvalue weighted by Crippen LogP contribution is -2.50. The van der Waals surface area contributed by atoms with Crippen molar-refractivity contribution in [1.29, 1.82) is 0 Å². The number of rotatable bonds is 7. The Kier molecular flexibility index (Phi) is 7.58. The number of amides is 1. The first-order valence-electron chi connectivity index (χ1n) is 11.6. The second-order valence-electron chi connectivity index (χ2n) is 8.64. The van der Waals surface area contributed by atoms with Gasteiger partial charge in [-0.3, -0.25) is 14.6 Å². The van der Waals surface area contributed by atoms with Crippen molar-refractivity contribution in [2.45, 2.75) is 31.9 Å². The van der Waals surface area contributed by atoms with Crippen molar-refractivity contribution in [2.24, 2.45) is 5.92 Å². The summed E-state index contributed by atoms with van der Waals surface area (Å²) in [6.45, 7) is 4.98. The normalized spacial score (nSPS) is 21.9. The summed E-state index contributed by atoms with van der Waals surface area (Å²) in [4.78, 5) is 24.2. The fraction of sp³-hybridized carbons (Fsp3) is 0.520. The largest absolute Gasteiger partial charge is 0.495 e. The lowest BCUT2D eigenvalue weighted by molar-refractivity contribution is -0.124. The van der Waals surface area contributed by atoms with Crippen molar-refractivity contribution < 1.29 is 13.9 Å². The minimum Gasteiger partial charge on any atom is -0.495 e. The van der Waals surface area contributed by atoms with E-state index < -0.39 is 6.17 Å². The number of hydrogen-bond donors (Lipinski definition) is 0. The number of aromatic nitrogens is 1. The summed E-state index contributed by atoms with van der Waals surface area (Å²) in [6, 6.07) is 13.7. The highest BCUT2D eigenvalue weighted by Crippen LogP contribution is 2.30. The van der Waals surface area contributed by atoms with Crippen LogP contribution in [0.4, 0.5) is 15.9 Å². The standard InChI is InChI=1S/C25H33FN4O2/c1-32-23-10-3-2-9-22(23)29-16-13-28(14-17-29)15-18-30(24-11-4-5-12-27-24)25(31)20-7-6-8-21(26)19-20/h2-5,9-12,20-21H,6-8,13-19H2,1H3/t20-,21+/m0/s1. The van der Waals surface area contributed by atoms with Gasteiger partial charge in [0.2, 0.25) is 5.91 Å². The molecule has 1 aromatic heterocycles. The molecule has 4 rings (SSSR count). The van der Waals surface area contributed by atoms with Crippen LogP contribution in [0.2, 0.25) is 0 Å². The van der Waals surface area contributed by atoms with Crippen molar-refractivity contribution in [3.8, 4) is 5.75 Å². The van der Waals surface area contributed by atoms with Crippen LogP contribution in [-0.4, -0.2) is 68.3 Å². The molecule has 1 saturated carbocycles. The van der Waals surface area contributed by atoms with Crippen LogP contribution < -0.4 is 14.5 Å². The van der Waals surface area contributed by atoms with Gasteiger partial charge in [-0.1, -0.05) is 18.2 Å². The van der Waals surface area contributed by atoms with E-state index in [0.29, 0.717) is 25.2 Å². The van der Waals surface area contributed by atoms with E-state index in [1.165, 1.54) is 0 Å². The van der Waals surface area contributed by atoms with Gasteiger partial charge in [0.25, 0.3) is 0 Å². The van der Waals surface area contributed by atoms with Crippen LogP contribution in [0.1, 0.15) is 25.7 Å². The molecule has 0 spiro atoms. The average molecular weight is 441 g/mol. The van der Waals surface area contributed by atoms with Crippen LogP contribution >= 0.6 is 0 Å². The second kappa shape index (κ2) is 10.8. The maximum Gasteiger partial charge on any atom is 0.231 e. The number of carbonyl (C=O) groups is 1. The molecule has 0 N–H and O–H groups in total. The maximum absolute atomic E-state index is 14.0. The van der Waals surface area contributed by atoms with Crippen molar-refractivity contribution in [2.75, 3.05) is 56.2 Å². The molecule has 2 aliphatic rings. The number of para-hydroxylation sites is 2. The van der Waals surface area contributed by atoms with Gasteiger partial charge in [-0.15, -0.1) is 0 Å². The highest BCUT2D eigenvalue weighted by molar-refractivity contribution is 5.94. The summed E-state index contributed by atoms with van der Waals surface area (Å²) >= 11 is 0. The minimum atomic E-state index is -0.869. The Morgan fingerprint density at radius 2 is 1.91 bits per heavy atom. The molecule has 1 aliphatic heterocycles. The minimum absolute atomic E-state index is 0.0127. The topological polar surface area (TPSA) is 48.9 Å². The molecular formula is C25H33FN4O2. The van der Waals surface area contributed by atoms with Gasteiger partial charge in [0.1, 0.15) is 17.7 Å². The Labute approximate surface area is 190 Å². The van der Waals surface area contributed by atoms with Gasteiger partial charge in [0.15, 0.2) is 0 Å². The molecule has 1 saturated heterocycles. The van der Waals surface area contributed by atoms with E-state index in [2.05, 4.69) is 20.9 Å². The molecule has 0 bridgehead atoms. The van der Waals surface area contributed by atoms with Gasteiger partial charge in [0.05, 0.1) is 12.8 Å². The zero-order chi connectivity index (χ0) is 22.3. The van der Waals surface area contributed by atoms with E-state index in [1.807, 2.05) is 36.4 Å². The van der Waals surface area contributed by atoms with E-state index in [9.17, 15) is 9.18 Å². The molecule has 2 aromatic rings. The quantitative estimate of drug-likeness (QED) is 0.656. The number of alkyl halides is 1. The molecule has 1 aliphatic carbocycles. The van der Waals surface area contributed by atoms with Gasteiger partial charge in [-0.2, -0.15) is 0 Å². The Bertz CT molecular complexity index is 873. The molecule has 172 valence electrons. The van der Waals surface area contributed by atoms with Crippen molar-refractivity contribution in [3.63, 3.8) is 0 Å². The van der Waals surface area contributed by atoms with Crippen molar-refractivity contribution in [1.82, 2.24) is 9.88 Å². The number of piperazine rings is 1. The number of halogens is 1.